The first-order valence-electron chi connectivity index (χ1n) is 17.0. The molecule has 1 fully saturated rings. The number of amides is 1. The maximum atomic E-state index is 12.1. The molecule has 0 bridgehead atoms. The van der Waals surface area contributed by atoms with E-state index in [-0.39, 0.29) is 36.3 Å². The third-order valence-electron chi connectivity index (χ3n) is 9.20. The van der Waals surface area contributed by atoms with Crippen molar-refractivity contribution in [2.75, 3.05) is 38.6 Å². The van der Waals surface area contributed by atoms with E-state index < -0.39 is 11.7 Å². The topological polar surface area (TPSA) is 178 Å². The number of anilines is 1. The van der Waals surface area contributed by atoms with Crippen LogP contribution < -0.4 is 15.4 Å². The van der Waals surface area contributed by atoms with Crippen LogP contribution in [0.25, 0.3) is 0 Å². The molecule has 0 radical (unpaired) electrons. The van der Waals surface area contributed by atoms with Gasteiger partial charge in [-0.1, -0.05) is 49.6 Å². The lowest BCUT2D eigenvalue weighted by molar-refractivity contribution is -0.123. The average Bonchev–Trinajstić information content (AvgIpc) is 3.80. The van der Waals surface area contributed by atoms with E-state index in [0.29, 0.717) is 36.7 Å². The summed E-state index contributed by atoms with van der Waals surface area (Å²) in [4.78, 5) is 29.4. The van der Waals surface area contributed by atoms with E-state index >= 15 is 0 Å². The van der Waals surface area contributed by atoms with Crippen molar-refractivity contribution in [2.45, 2.75) is 63.2 Å². The summed E-state index contributed by atoms with van der Waals surface area (Å²) < 4.78 is 11.7. The van der Waals surface area contributed by atoms with Crippen molar-refractivity contribution in [3.63, 3.8) is 0 Å². The van der Waals surface area contributed by atoms with Crippen LogP contribution in [0.1, 0.15) is 70.7 Å². The monoisotopic (exact) mass is 706 g/mol. The highest BCUT2D eigenvalue weighted by Gasteiger charge is 2.44. The lowest BCUT2D eigenvalue weighted by Gasteiger charge is -2.36. The van der Waals surface area contributed by atoms with Gasteiger partial charge < -0.3 is 45.1 Å². The van der Waals surface area contributed by atoms with Crippen LogP contribution in [-0.2, 0) is 34.6 Å². The molecular weight excluding hydrogens is 660 g/mol. The van der Waals surface area contributed by atoms with Gasteiger partial charge in [-0.25, -0.2) is 4.98 Å². The molecule has 2 atom stereocenters. The molecule has 1 saturated carbocycles. The summed E-state index contributed by atoms with van der Waals surface area (Å²) in [7, 11) is 2.10. The van der Waals surface area contributed by atoms with E-state index in [1.165, 1.54) is 22.2 Å². The molecule has 1 unspecified atom stereocenters. The van der Waals surface area contributed by atoms with Gasteiger partial charge in [0.15, 0.2) is 18.0 Å². The van der Waals surface area contributed by atoms with Crippen molar-refractivity contribution in [2.24, 2.45) is 5.92 Å². The molecule has 4 aromatic rings. The van der Waals surface area contributed by atoms with Crippen molar-refractivity contribution in [1.29, 1.82) is 0 Å². The minimum atomic E-state index is -1.22. The molecule has 1 aliphatic carbocycles. The predicted octanol–water partition coefficient (Wildman–Crippen LogP) is 4.83. The molecule has 2 aromatic heterocycles. The number of aromatic nitrogens is 1. The molecule has 50 heavy (non-hydrogen) atoms. The normalized spacial score (nSPS) is 16.4. The Kier molecular flexibility index (Phi) is 13.0. The maximum absolute atomic E-state index is 12.1. The number of aromatic hydroxyl groups is 1. The predicted molar refractivity (Wildman–Crippen MR) is 189 cm³/mol. The highest BCUT2D eigenvalue weighted by atomic mass is 32.1. The van der Waals surface area contributed by atoms with Crippen LogP contribution in [0.4, 0.5) is 5.69 Å². The van der Waals surface area contributed by atoms with Crippen LogP contribution in [0.2, 0.25) is 0 Å². The van der Waals surface area contributed by atoms with Crippen LogP contribution in [0.3, 0.4) is 0 Å². The molecule has 0 spiro atoms. The molecule has 6 N–H and O–H groups in total. The van der Waals surface area contributed by atoms with E-state index in [1.54, 1.807) is 23.6 Å². The van der Waals surface area contributed by atoms with Crippen LogP contribution in [-0.4, -0.2) is 76.0 Å². The Morgan fingerprint density at radius 2 is 1.84 bits per heavy atom. The van der Waals surface area contributed by atoms with E-state index in [0.717, 1.165) is 56.5 Å². The van der Waals surface area contributed by atoms with Gasteiger partial charge in [0.05, 0.1) is 12.3 Å². The van der Waals surface area contributed by atoms with E-state index in [4.69, 9.17) is 19.1 Å². The van der Waals surface area contributed by atoms with Gasteiger partial charge in [-0.3, -0.25) is 9.59 Å². The van der Waals surface area contributed by atoms with Crippen LogP contribution in [0, 0.1) is 5.92 Å². The van der Waals surface area contributed by atoms with Gasteiger partial charge in [0.1, 0.15) is 17.2 Å². The zero-order valence-corrected chi connectivity index (χ0v) is 29.0. The molecule has 2 aliphatic rings. The summed E-state index contributed by atoms with van der Waals surface area (Å²) in [5, 5.41) is 45.7. The molecule has 6 rings (SSSR count). The molecule has 1 amide bonds. The van der Waals surface area contributed by atoms with E-state index in [9.17, 15) is 20.1 Å². The third-order valence-corrected chi connectivity index (χ3v) is 10.3. The van der Waals surface area contributed by atoms with Crippen molar-refractivity contribution >= 4 is 29.4 Å². The number of benzene rings is 2. The molecule has 2 aromatic carbocycles. The number of ether oxygens (including phenoxy) is 1. The van der Waals surface area contributed by atoms with Gasteiger partial charge in [0, 0.05) is 53.8 Å². The quantitative estimate of drug-likeness (QED) is 0.0602. The van der Waals surface area contributed by atoms with Gasteiger partial charge in [0.25, 0.3) is 12.4 Å². The average molecular weight is 707 g/mol. The van der Waals surface area contributed by atoms with E-state index in [2.05, 4.69) is 39.7 Å². The number of likely N-dealkylation sites (N-methyl/N-ethyl adjacent to an activating group) is 1. The number of nitrogens with one attached hydrogen (secondary N) is 2. The highest BCUT2D eigenvalue weighted by molar-refractivity contribution is 7.11. The lowest BCUT2D eigenvalue weighted by Crippen LogP contribution is -2.38. The second-order valence-corrected chi connectivity index (χ2v) is 14.0. The van der Waals surface area contributed by atoms with E-state index in [1.807, 2.05) is 30.3 Å². The second kappa shape index (κ2) is 17.6. The molecule has 13 heteroatoms. The first kappa shape index (κ1) is 37.0. The zero-order chi connectivity index (χ0) is 35.5. The first-order chi connectivity index (χ1) is 24.2. The van der Waals surface area contributed by atoms with Crippen molar-refractivity contribution < 1.29 is 39.2 Å². The summed E-state index contributed by atoms with van der Waals surface area (Å²) in [6.45, 7) is 2.20. The fraction of sp³-hybridized carbons (Fsp3) is 0.432. The number of hydrogen-bond donors (Lipinski definition) is 6. The van der Waals surface area contributed by atoms with Gasteiger partial charge in [-0.05, 0) is 56.1 Å². The fourth-order valence-corrected chi connectivity index (χ4v) is 7.73. The number of fused-ring (bicyclic) bond motifs is 1. The molecule has 268 valence electrons. The standard InChI is InChI=1S/C36H44N4O6S.CH2O2/c1-40(19-17-26-20-38-35(46-26)36(44,24-8-4-2-5-9-24)25-10-6-3-7-11-25)22-28-13-12-27(47-28)16-18-37-21-31(42)29-14-15-30(41)33-34(29)45-23-32(43)39-33;2-1-3/h2,4-5,8-9,12-15,20,25,31,37,41-42,44H,3,6-7,10-11,16-19,21-23H2,1H3,(H,39,43);1H,(H,2,3)/t31?,36-;/m0./s1. The van der Waals surface area contributed by atoms with Gasteiger partial charge in [-0.2, -0.15) is 0 Å². The summed E-state index contributed by atoms with van der Waals surface area (Å²) in [6, 6.07) is 17.2. The largest absolute Gasteiger partial charge is 0.506 e. The first-order valence-corrected chi connectivity index (χ1v) is 17.8. The molecule has 0 saturated heterocycles. The number of phenolic OH excluding ortho intramolecular Hbond substituents is 1. The smallest absolute Gasteiger partial charge is 0.290 e. The summed E-state index contributed by atoms with van der Waals surface area (Å²) in [6.07, 6.45) is 7.81. The zero-order valence-electron chi connectivity index (χ0n) is 28.2. The second-order valence-electron chi connectivity index (χ2n) is 12.7. The van der Waals surface area contributed by atoms with Crippen LogP contribution in [0.15, 0.2) is 65.2 Å². The number of thiophene rings is 1. The number of aliphatic hydroxyl groups excluding tert-OH is 1. The Bertz CT molecular complexity index is 1690. The number of carbonyl (C=O) groups excluding carboxylic acids is 1. The Labute approximate surface area is 295 Å². The Hall–Kier alpha value is -4.27. The summed E-state index contributed by atoms with van der Waals surface area (Å²) >= 11 is 1.78. The number of hydrogen-bond acceptors (Lipinski definition) is 11. The number of carbonyl (C=O) groups is 2. The Balaban J connectivity index is 0.00000156. The number of carboxylic acid groups (broad SMARTS) is 1. The molecule has 12 nitrogen and oxygen atoms in total. The summed E-state index contributed by atoms with van der Waals surface area (Å²) in [5.74, 6) is 1.14. The maximum Gasteiger partial charge on any atom is 0.290 e. The Morgan fingerprint density at radius 3 is 2.60 bits per heavy atom. The number of aliphatic hydroxyl groups is 2. The Morgan fingerprint density at radius 1 is 1.10 bits per heavy atom. The van der Waals surface area contributed by atoms with Crippen molar-refractivity contribution in [3.8, 4) is 11.5 Å². The number of oxazole rings is 1. The minimum Gasteiger partial charge on any atom is -0.506 e. The van der Waals surface area contributed by atoms with Gasteiger partial charge >= 0.3 is 0 Å². The third kappa shape index (κ3) is 9.09. The number of nitrogens with zero attached hydrogens (tertiary/aromatic N) is 2. The summed E-state index contributed by atoms with van der Waals surface area (Å²) in [5.41, 5.74) is 0.345. The van der Waals surface area contributed by atoms with Gasteiger partial charge in [-0.15, -0.1) is 11.3 Å². The lowest BCUT2D eigenvalue weighted by atomic mass is 9.73. The van der Waals surface area contributed by atoms with Crippen molar-refractivity contribution in [1.82, 2.24) is 15.2 Å². The van der Waals surface area contributed by atoms with Gasteiger partial charge in [0.2, 0.25) is 5.89 Å². The molecule has 3 heterocycles. The van der Waals surface area contributed by atoms with Crippen LogP contribution in [0.5, 0.6) is 11.5 Å². The molecule has 1 aliphatic heterocycles. The number of rotatable bonds is 14. The van der Waals surface area contributed by atoms with Crippen LogP contribution >= 0.6 is 11.3 Å². The SMILES string of the molecule is CN(CCc1cnc([C@](O)(c2ccccc2)C2CCCCC2)o1)Cc1ccc(CCNCC(O)c2ccc(O)c3c2OCC(=O)N3)s1.O=CO. The minimum absolute atomic E-state index is 0.0887. The highest BCUT2D eigenvalue weighted by Crippen LogP contribution is 2.44. The number of phenols is 1. The van der Waals surface area contributed by atoms with Crippen molar-refractivity contribution in [3.05, 3.63) is 93.3 Å². The fourth-order valence-electron chi connectivity index (χ4n) is 6.63. The molecular formula is C37H46N4O8S.